The molecule has 0 aromatic rings. The Bertz CT molecular complexity index is 315. The molecule has 0 spiro atoms. The van der Waals surface area contributed by atoms with Crippen LogP contribution in [0.2, 0.25) is 0 Å². The van der Waals surface area contributed by atoms with E-state index in [0.29, 0.717) is 6.61 Å². The van der Waals surface area contributed by atoms with Crippen LogP contribution in [0.5, 0.6) is 0 Å². The molecule has 1 N–H and O–H groups in total. The molecule has 1 aliphatic carbocycles. The van der Waals surface area contributed by atoms with Crippen molar-refractivity contribution in [2.24, 2.45) is 0 Å². The van der Waals surface area contributed by atoms with Gasteiger partial charge >= 0.3 is 5.97 Å². The fourth-order valence-electron chi connectivity index (χ4n) is 1.95. The summed E-state index contributed by atoms with van der Waals surface area (Å²) in [5.41, 5.74) is 3.52. The predicted octanol–water partition coefficient (Wildman–Crippen LogP) is 1.17. The highest BCUT2D eigenvalue weighted by molar-refractivity contribution is 5.90. The van der Waals surface area contributed by atoms with Crippen LogP contribution in [-0.2, 0) is 9.53 Å². The Balaban J connectivity index is 2.04. The van der Waals surface area contributed by atoms with E-state index in [2.05, 4.69) is 5.32 Å². The third kappa shape index (κ3) is 1.73. The number of hydrogen-bond donors (Lipinski definition) is 1. The Morgan fingerprint density at radius 2 is 2.50 bits per heavy atom. The normalized spacial score (nSPS) is 20.5. The number of hydrogen-bond acceptors (Lipinski definition) is 3. The molecule has 0 bridgehead atoms. The Morgan fingerprint density at radius 3 is 3.21 bits per heavy atom. The fourth-order valence-corrected chi connectivity index (χ4v) is 1.95. The molecule has 0 saturated heterocycles. The van der Waals surface area contributed by atoms with Gasteiger partial charge in [-0.1, -0.05) is 0 Å². The molecule has 2 rings (SSSR count). The molecule has 0 aromatic heterocycles. The van der Waals surface area contributed by atoms with Crippen molar-refractivity contribution in [3.8, 4) is 0 Å². The van der Waals surface area contributed by atoms with E-state index in [0.717, 1.165) is 31.5 Å². The first-order valence-electron chi connectivity index (χ1n) is 5.10. The van der Waals surface area contributed by atoms with Gasteiger partial charge in [0.25, 0.3) is 0 Å². The molecule has 0 saturated carbocycles. The number of nitrogens with one attached hydrogen (secondary N) is 1. The fraction of sp³-hybridized carbons (Fsp3) is 0.545. The SMILES string of the molecule is CCOC(=O)C1=CC2=C(CNCC2)C1. The van der Waals surface area contributed by atoms with Crippen LogP contribution >= 0.6 is 0 Å². The predicted molar refractivity (Wildman–Crippen MR) is 53.8 cm³/mol. The van der Waals surface area contributed by atoms with Crippen LogP contribution in [-0.4, -0.2) is 25.7 Å². The third-order valence-electron chi connectivity index (χ3n) is 2.65. The Kier molecular flexibility index (Phi) is 2.68. The minimum Gasteiger partial charge on any atom is -0.463 e. The molecule has 0 aromatic carbocycles. The lowest BCUT2D eigenvalue weighted by molar-refractivity contribution is -0.138. The first kappa shape index (κ1) is 9.46. The zero-order valence-corrected chi connectivity index (χ0v) is 8.43. The summed E-state index contributed by atoms with van der Waals surface area (Å²) in [4.78, 5) is 11.5. The summed E-state index contributed by atoms with van der Waals surface area (Å²) >= 11 is 0. The summed E-state index contributed by atoms with van der Waals surface area (Å²) < 4.78 is 4.98. The number of ether oxygens (including phenoxy) is 1. The van der Waals surface area contributed by atoms with E-state index in [1.807, 2.05) is 13.0 Å². The highest BCUT2D eigenvalue weighted by Crippen LogP contribution is 2.29. The largest absolute Gasteiger partial charge is 0.463 e. The van der Waals surface area contributed by atoms with E-state index in [9.17, 15) is 4.79 Å². The molecule has 0 unspecified atom stereocenters. The van der Waals surface area contributed by atoms with Crippen LogP contribution in [0.3, 0.4) is 0 Å². The molecule has 0 fully saturated rings. The second kappa shape index (κ2) is 3.96. The van der Waals surface area contributed by atoms with E-state index in [1.165, 1.54) is 11.1 Å². The summed E-state index contributed by atoms with van der Waals surface area (Å²) in [7, 11) is 0. The smallest absolute Gasteiger partial charge is 0.334 e. The molecule has 3 nitrogen and oxygen atoms in total. The molecule has 76 valence electrons. The van der Waals surface area contributed by atoms with Gasteiger partial charge in [0.1, 0.15) is 0 Å². The first-order valence-corrected chi connectivity index (χ1v) is 5.10. The summed E-state index contributed by atoms with van der Waals surface area (Å²) in [6.07, 6.45) is 3.83. The molecule has 3 heteroatoms. The lowest BCUT2D eigenvalue weighted by atomic mass is 10.0. The lowest BCUT2D eigenvalue weighted by Gasteiger charge is -2.14. The summed E-state index contributed by atoms with van der Waals surface area (Å²) in [5, 5.41) is 3.30. The lowest BCUT2D eigenvalue weighted by Crippen LogP contribution is -2.23. The average Bonchev–Trinajstić information content (AvgIpc) is 2.61. The van der Waals surface area contributed by atoms with Gasteiger partial charge in [0, 0.05) is 18.5 Å². The van der Waals surface area contributed by atoms with Crippen molar-refractivity contribution in [3.63, 3.8) is 0 Å². The molecule has 2 aliphatic rings. The highest BCUT2D eigenvalue weighted by Gasteiger charge is 2.23. The molecule has 1 aliphatic heterocycles. The van der Waals surface area contributed by atoms with Gasteiger partial charge < -0.3 is 10.1 Å². The van der Waals surface area contributed by atoms with Gasteiger partial charge in [-0.2, -0.15) is 0 Å². The van der Waals surface area contributed by atoms with Gasteiger partial charge in [0.05, 0.1) is 6.61 Å². The molecule has 0 radical (unpaired) electrons. The molecule has 1 heterocycles. The van der Waals surface area contributed by atoms with Crippen molar-refractivity contribution < 1.29 is 9.53 Å². The van der Waals surface area contributed by atoms with Crippen LogP contribution < -0.4 is 5.32 Å². The van der Waals surface area contributed by atoms with Crippen LogP contribution in [0, 0.1) is 0 Å². The minimum atomic E-state index is -0.151. The maximum atomic E-state index is 11.5. The zero-order chi connectivity index (χ0) is 9.97. The van der Waals surface area contributed by atoms with Crippen molar-refractivity contribution in [1.29, 1.82) is 0 Å². The van der Waals surface area contributed by atoms with E-state index in [-0.39, 0.29) is 5.97 Å². The van der Waals surface area contributed by atoms with Gasteiger partial charge in [-0.25, -0.2) is 4.79 Å². The maximum absolute atomic E-state index is 11.5. The highest BCUT2D eigenvalue weighted by atomic mass is 16.5. The van der Waals surface area contributed by atoms with Crippen LogP contribution in [0.1, 0.15) is 19.8 Å². The molecular weight excluding hydrogens is 178 g/mol. The summed E-state index contributed by atoms with van der Waals surface area (Å²) in [5.74, 6) is -0.151. The van der Waals surface area contributed by atoms with Gasteiger partial charge in [-0.3, -0.25) is 0 Å². The van der Waals surface area contributed by atoms with E-state index in [4.69, 9.17) is 4.74 Å². The van der Waals surface area contributed by atoms with E-state index < -0.39 is 0 Å². The van der Waals surface area contributed by atoms with Gasteiger partial charge in [0.15, 0.2) is 0 Å². The van der Waals surface area contributed by atoms with Crippen molar-refractivity contribution in [1.82, 2.24) is 5.32 Å². The van der Waals surface area contributed by atoms with Crippen LogP contribution in [0.25, 0.3) is 0 Å². The van der Waals surface area contributed by atoms with Crippen molar-refractivity contribution in [2.75, 3.05) is 19.7 Å². The maximum Gasteiger partial charge on any atom is 0.334 e. The molecule has 14 heavy (non-hydrogen) atoms. The molecular formula is C11H15NO2. The second-order valence-corrected chi connectivity index (χ2v) is 3.62. The minimum absolute atomic E-state index is 0.151. The Hall–Kier alpha value is -1.09. The molecule has 0 amide bonds. The van der Waals surface area contributed by atoms with Gasteiger partial charge in [-0.05, 0) is 37.1 Å². The van der Waals surface area contributed by atoms with E-state index in [1.54, 1.807) is 0 Å². The Morgan fingerprint density at radius 1 is 1.64 bits per heavy atom. The number of rotatable bonds is 2. The van der Waals surface area contributed by atoms with E-state index >= 15 is 0 Å². The monoisotopic (exact) mass is 193 g/mol. The zero-order valence-electron chi connectivity index (χ0n) is 8.43. The number of esters is 1. The average molecular weight is 193 g/mol. The number of allylic oxidation sites excluding steroid dienone is 1. The van der Waals surface area contributed by atoms with Gasteiger partial charge in [-0.15, -0.1) is 0 Å². The van der Waals surface area contributed by atoms with Crippen LogP contribution in [0.15, 0.2) is 22.8 Å². The number of carbonyl (C=O) groups excluding carboxylic acids is 1. The number of carbonyl (C=O) groups is 1. The summed E-state index contributed by atoms with van der Waals surface area (Å²) in [6, 6.07) is 0. The quantitative estimate of drug-likeness (QED) is 0.669. The van der Waals surface area contributed by atoms with Crippen molar-refractivity contribution >= 4 is 5.97 Å². The molecule has 0 atom stereocenters. The topological polar surface area (TPSA) is 38.3 Å². The second-order valence-electron chi connectivity index (χ2n) is 3.62. The third-order valence-corrected chi connectivity index (χ3v) is 2.65. The van der Waals surface area contributed by atoms with Crippen LogP contribution in [0.4, 0.5) is 0 Å². The first-order chi connectivity index (χ1) is 6.81. The van der Waals surface area contributed by atoms with Gasteiger partial charge in [0.2, 0.25) is 0 Å². The summed E-state index contributed by atoms with van der Waals surface area (Å²) in [6.45, 7) is 4.24. The Labute approximate surface area is 83.8 Å². The standard InChI is InChI=1S/C11H15NO2/c1-2-14-11(13)9-5-8-3-4-12-7-10(8)6-9/h5,12H,2-4,6-7H2,1H3. The van der Waals surface area contributed by atoms with Crippen molar-refractivity contribution in [3.05, 3.63) is 22.8 Å². The van der Waals surface area contributed by atoms with Crippen molar-refractivity contribution in [2.45, 2.75) is 19.8 Å².